The Morgan fingerprint density at radius 1 is 1.20 bits per heavy atom. The highest BCUT2D eigenvalue weighted by atomic mass is 16.5. The number of carbonyl (C=O) groups is 3. The van der Waals surface area contributed by atoms with Crippen molar-refractivity contribution >= 4 is 23.4 Å². The summed E-state index contributed by atoms with van der Waals surface area (Å²) in [5.41, 5.74) is 0.352. The summed E-state index contributed by atoms with van der Waals surface area (Å²) in [6.45, 7) is 1.68. The van der Waals surface area contributed by atoms with Crippen LogP contribution < -0.4 is 20.1 Å². The topological polar surface area (TPSA) is 97.0 Å². The van der Waals surface area contributed by atoms with E-state index in [1.807, 2.05) is 0 Å². The van der Waals surface area contributed by atoms with E-state index < -0.39 is 11.8 Å². The Balaban J connectivity index is 1.80. The van der Waals surface area contributed by atoms with Crippen LogP contribution in [-0.4, -0.2) is 56.5 Å². The van der Waals surface area contributed by atoms with Crippen LogP contribution in [-0.2, 0) is 14.4 Å². The Hall–Kier alpha value is -2.77. The molecule has 1 saturated heterocycles. The molecule has 0 aromatic heterocycles. The second-order valence-electron chi connectivity index (χ2n) is 5.61. The van der Waals surface area contributed by atoms with Crippen molar-refractivity contribution in [3.8, 4) is 11.5 Å². The molecule has 136 valence electrons. The molecule has 1 fully saturated rings. The normalized spacial score (nSPS) is 13.5. The van der Waals surface area contributed by atoms with E-state index >= 15 is 0 Å². The number of amides is 3. The molecule has 25 heavy (non-hydrogen) atoms. The zero-order valence-corrected chi connectivity index (χ0v) is 14.5. The molecule has 1 heterocycles. The highest BCUT2D eigenvalue weighted by Crippen LogP contribution is 2.28. The summed E-state index contributed by atoms with van der Waals surface area (Å²) in [6, 6.07) is 4.90. The number of likely N-dealkylation sites (tertiary alicyclic amines) is 1. The van der Waals surface area contributed by atoms with Gasteiger partial charge in [-0.15, -0.1) is 0 Å². The van der Waals surface area contributed by atoms with E-state index in [0.717, 1.165) is 13.0 Å². The van der Waals surface area contributed by atoms with Gasteiger partial charge in [0.15, 0.2) is 0 Å². The summed E-state index contributed by atoms with van der Waals surface area (Å²) in [5, 5.41) is 5.05. The third-order valence-electron chi connectivity index (χ3n) is 3.92. The first-order chi connectivity index (χ1) is 12.0. The van der Waals surface area contributed by atoms with Gasteiger partial charge < -0.3 is 25.0 Å². The van der Waals surface area contributed by atoms with Crippen LogP contribution in [0.15, 0.2) is 18.2 Å². The van der Waals surface area contributed by atoms with E-state index in [0.29, 0.717) is 43.1 Å². The zero-order chi connectivity index (χ0) is 18.2. The molecule has 1 aliphatic rings. The molecule has 1 aromatic carbocycles. The number of hydrogen-bond donors (Lipinski definition) is 2. The van der Waals surface area contributed by atoms with Crippen LogP contribution in [0.3, 0.4) is 0 Å². The van der Waals surface area contributed by atoms with Gasteiger partial charge in [-0.25, -0.2) is 0 Å². The highest BCUT2D eigenvalue weighted by Gasteiger charge is 2.20. The fourth-order valence-corrected chi connectivity index (χ4v) is 2.58. The van der Waals surface area contributed by atoms with Crippen LogP contribution in [0.4, 0.5) is 5.69 Å². The number of rotatable bonds is 7. The van der Waals surface area contributed by atoms with Gasteiger partial charge >= 0.3 is 11.8 Å². The zero-order valence-electron chi connectivity index (χ0n) is 14.5. The smallest absolute Gasteiger partial charge is 0.313 e. The van der Waals surface area contributed by atoms with Gasteiger partial charge in [-0.2, -0.15) is 0 Å². The fourth-order valence-electron chi connectivity index (χ4n) is 2.58. The van der Waals surface area contributed by atoms with E-state index in [-0.39, 0.29) is 5.91 Å². The average molecular weight is 349 g/mol. The maximum Gasteiger partial charge on any atom is 0.313 e. The minimum absolute atomic E-state index is 0.147. The molecule has 8 nitrogen and oxygen atoms in total. The maximum atomic E-state index is 12.0. The Morgan fingerprint density at radius 2 is 2.00 bits per heavy atom. The summed E-state index contributed by atoms with van der Waals surface area (Å²) < 4.78 is 10.2. The van der Waals surface area contributed by atoms with Gasteiger partial charge in [-0.3, -0.25) is 14.4 Å². The summed E-state index contributed by atoms with van der Waals surface area (Å²) >= 11 is 0. The minimum Gasteiger partial charge on any atom is -0.497 e. The molecule has 0 bridgehead atoms. The molecule has 0 unspecified atom stereocenters. The van der Waals surface area contributed by atoms with E-state index in [4.69, 9.17) is 9.47 Å². The van der Waals surface area contributed by atoms with E-state index in [1.54, 1.807) is 23.1 Å². The monoisotopic (exact) mass is 349 g/mol. The first kappa shape index (κ1) is 18.6. The molecule has 1 aliphatic heterocycles. The number of benzene rings is 1. The van der Waals surface area contributed by atoms with Crippen molar-refractivity contribution in [3.05, 3.63) is 18.2 Å². The third kappa shape index (κ3) is 5.10. The molecular formula is C17H23N3O5. The lowest BCUT2D eigenvalue weighted by Gasteiger charge is -2.15. The van der Waals surface area contributed by atoms with Crippen molar-refractivity contribution in [2.45, 2.75) is 19.3 Å². The Morgan fingerprint density at radius 3 is 2.64 bits per heavy atom. The largest absolute Gasteiger partial charge is 0.497 e. The van der Waals surface area contributed by atoms with Crippen molar-refractivity contribution in [2.24, 2.45) is 0 Å². The SMILES string of the molecule is COc1ccc(OC)c(NC(=O)C(=O)NCCCN2CCCC2=O)c1. The number of anilines is 1. The van der Waals surface area contributed by atoms with Crippen LogP contribution in [0.1, 0.15) is 19.3 Å². The molecule has 0 atom stereocenters. The number of methoxy groups -OCH3 is 2. The second kappa shape index (κ2) is 8.91. The average Bonchev–Trinajstić information content (AvgIpc) is 3.03. The summed E-state index contributed by atoms with van der Waals surface area (Å²) in [7, 11) is 2.97. The summed E-state index contributed by atoms with van der Waals surface area (Å²) in [4.78, 5) is 37.1. The number of nitrogens with zero attached hydrogens (tertiary/aromatic N) is 1. The molecule has 0 saturated carbocycles. The fraction of sp³-hybridized carbons (Fsp3) is 0.471. The second-order valence-corrected chi connectivity index (χ2v) is 5.61. The molecule has 1 aromatic rings. The first-order valence-electron chi connectivity index (χ1n) is 8.14. The van der Waals surface area contributed by atoms with Crippen LogP contribution in [0.25, 0.3) is 0 Å². The molecule has 0 aliphatic carbocycles. The molecule has 0 radical (unpaired) electrons. The van der Waals surface area contributed by atoms with E-state index in [9.17, 15) is 14.4 Å². The Bertz CT molecular complexity index is 647. The number of ether oxygens (including phenoxy) is 2. The summed E-state index contributed by atoms with van der Waals surface area (Å²) in [5.74, 6) is -0.420. The predicted molar refractivity (Wildman–Crippen MR) is 91.6 cm³/mol. The van der Waals surface area contributed by atoms with Crippen molar-refractivity contribution in [1.29, 1.82) is 0 Å². The molecular weight excluding hydrogens is 326 g/mol. The van der Waals surface area contributed by atoms with Gasteiger partial charge in [0.1, 0.15) is 11.5 Å². The standard InChI is InChI=1S/C17H23N3O5/c1-24-12-6-7-14(25-2)13(11-12)19-17(23)16(22)18-8-4-10-20-9-3-5-15(20)21/h6-7,11H,3-5,8-10H2,1-2H3,(H,18,22)(H,19,23). The minimum atomic E-state index is -0.788. The van der Waals surface area contributed by atoms with Gasteiger partial charge in [-0.05, 0) is 25.0 Å². The quantitative estimate of drug-likeness (QED) is 0.560. The lowest BCUT2D eigenvalue weighted by molar-refractivity contribution is -0.136. The first-order valence-corrected chi connectivity index (χ1v) is 8.14. The van der Waals surface area contributed by atoms with Gasteiger partial charge in [-0.1, -0.05) is 0 Å². The van der Waals surface area contributed by atoms with Crippen LogP contribution >= 0.6 is 0 Å². The lowest BCUT2D eigenvalue weighted by Crippen LogP contribution is -2.37. The number of nitrogens with one attached hydrogen (secondary N) is 2. The molecule has 8 heteroatoms. The van der Waals surface area contributed by atoms with E-state index in [1.165, 1.54) is 14.2 Å². The maximum absolute atomic E-state index is 12.0. The van der Waals surface area contributed by atoms with Crippen molar-refractivity contribution in [3.63, 3.8) is 0 Å². The Kier molecular flexibility index (Phi) is 6.62. The van der Waals surface area contributed by atoms with Gasteiger partial charge in [0.2, 0.25) is 5.91 Å². The molecule has 0 spiro atoms. The van der Waals surface area contributed by atoms with Crippen LogP contribution in [0, 0.1) is 0 Å². The summed E-state index contributed by atoms with van der Waals surface area (Å²) in [6.07, 6.45) is 2.08. The van der Waals surface area contributed by atoms with Gasteiger partial charge in [0.05, 0.1) is 19.9 Å². The van der Waals surface area contributed by atoms with Crippen LogP contribution in [0.5, 0.6) is 11.5 Å². The van der Waals surface area contributed by atoms with Crippen molar-refractivity contribution in [1.82, 2.24) is 10.2 Å². The predicted octanol–water partition coefficient (Wildman–Crippen LogP) is 0.771. The number of carbonyl (C=O) groups excluding carboxylic acids is 3. The number of hydrogen-bond acceptors (Lipinski definition) is 5. The van der Waals surface area contributed by atoms with Crippen LogP contribution in [0.2, 0.25) is 0 Å². The third-order valence-corrected chi connectivity index (χ3v) is 3.92. The Labute approximate surface area is 146 Å². The highest BCUT2D eigenvalue weighted by molar-refractivity contribution is 6.39. The van der Waals surface area contributed by atoms with E-state index in [2.05, 4.69) is 10.6 Å². The lowest BCUT2D eigenvalue weighted by atomic mass is 10.2. The van der Waals surface area contributed by atoms with Crippen molar-refractivity contribution < 1.29 is 23.9 Å². The van der Waals surface area contributed by atoms with Gasteiger partial charge in [0.25, 0.3) is 0 Å². The van der Waals surface area contributed by atoms with Crippen molar-refractivity contribution in [2.75, 3.05) is 39.2 Å². The molecule has 2 rings (SSSR count). The molecule has 2 N–H and O–H groups in total. The van der Waals surface area contributed by atoms with Gasteiger partial charge in [0, 0.05) is 32.1 Å². The molecule has 3 amide bonds.